The number of hydrogen-bond acceptors (Lipinski definition) is 3. The number of carbonyl (C=O) groups excluding carboxylic acids is 1. The van der Waals surface area contributed by atoms with Gasteiger partial charge in [-0.25, -0.2) is 0 Å². The Morgan fingerprint density at radius 2 is 2.33 bits per heavy atom. The number of hydrogen-bond donors (Lipinski definition) is 2. The van der Waals surface area contributed by atoms with Gasteiger partial charge in [-0.2, -0.15) is 0 Å². The van der Waals surface area contributed by atoms with Gasteiger partial charge in [0.15, 0.2) is 0 Å². The zero-order chi connectivity index (χ0) is 7.28. The Kier molecular flexibility index (Phi) is 4.26. The third kappa shape index (κ3) is 5.46. The van der Waals surface area contributed by atoms with Gasteiger partial charge in [0.1, 0.15) is 5.78 Å². The fraction of sp³-hybridized carbons (Fsp3) is 0.833. The molecule has 0 aliphatic heterocycles. The van der Waals surface area contributed by atoms with Crippen LogP contribution in [0.3, 0.4) is 0 Å². The average Bonchev–Trinajstić information content (AvgIpc) is 1.63. The normalized spacial score (nSPS) is 13.2. The zero-order valence-corrected chi connectivity index (χ0v) is 5.63. The van der Waals surface area contributed by atoms with Crippen LogP contribution >= 0.6 is 0 Å². The van der Waals surface area contributed by atoms with Crippen molar-refractivity contribution in [3.63, 3.8) is 0 Å². The fourth-order valence-electron chi connectivity index (χ4n) is 0.593. The van der Waals surface area contributed by atoms with E-state index in [-0.39, 0.29) is 12.2 Å². The first-order chi connectivity index (χ1) is 4.16. The van der Waals surface area contributed by atoms with Crippen molar-refractivity contribution >= 4 is 5.78 Å². The van der Waals surface area contributed by atoms with Crippen molar-refractivity contribution in [2.45, 2.75) is 25.9 Å². The van der Waals surface area contributed by atoms with Gasteiger partial charge in [-0.15, -0.1) is 0 Å². The molecule has 3 heteroatoms. The van der Waals surface area contributed by atoms with Crippen molar-refractivity contribution < 1.29 is 9.90 Å². The molecule has 0 bridgehead atoms. The van der Waals surface area contributed by atoms with Crippen molar-refractivity contribution in [1.82, 2.24) is 0 Å². The van der Waals surface area contributed by atoms with Crippen LogP contribution < -0.4 is 5.73 Å². The molecule has 0 rings (SSSR count). The Bertz CT molecular complexity index is 91.1. The second-order valence-corrected chi connectivity index (χ2v) is 2.13. The molecule has 0 aromatic rings. The molecule has 3 N–H and O–H groups in total. The highest BCUT2D eigenvalue weighted by Crippen LogP contribution is 1.93. The summed E-state index contributed by atoms with van der Waals surface area (Å²) in [5.74, 6) is 0.0347. The van der Waals surface area contributed by atoms with Crippen LogP contribution in [0.25, 0.3) is 0 Å². The first-order valence-corrected chi connectivity index (χ1v) is 3.06. The summed E-state index contributed by atoms with van der Waals surface area (Å²) in [6, 6.07) is 0. The number of aliphatic hydroxyl groups excluding tert-OH is 1. The lowest BCUT2D eigenvalue weighted by Gasteiger charge is -1.99. The van der Waals surface area contributed by atoms with E-state index in [1.165, 1.54) is 0 Å². The predicted octanol–water partition coefficient (Wildman–Crippen LogP) is -0.325. The largest absolute Gasteiger partial charge is 0.393 e. The van der Waals surface area contributed by atoms with Gasteiger partial charge in [0.25, 0.3) is 0 Å². The van der Waals surface area contributed by atoms with Gasteiger partial charge in [0, 0.05) is 12.8 Å². The van der Waals surface area contributed by atoms with Crippen LogP contribution in [-0.4, -0.2) is 23.5 Å². The number of rotatable bonds is 4. The average molecular weight is 131 g/mol. The number of ketones is 1. The van der Waals surface area contributed by atoms with Crippen LogP contribution in [0.1, 0.15) is 19.8 Å². The van der Waals surface area contributed by atoms with Gasteiger partial charge in [-0.05, 0) is 13.5 Å². The highest BCUT2D eigenvalue weighted by molar-refractivity contribution is 5.78. The molecular formula is C6H13NO2. The first-order valence-electron chi connectivity index (χ1n) is 3.06. The van der Waals surface area contributed by atoms with Crippen molar-refractivity contribution in [2.24, 2.45) is 5.73 Å². The van der Waals surface area contributed by atoms with Crippen LogP contribution in [0.4, 0.5) is 0 Å². The minimum absolute atomic E-state index is 0.0347. The smallest absolute Gasteiger partial charge is 0.136 e. The Morgan fingerprint density at radius 3 is 2.67 bits per heavy atom. The van der Waals surface area contributed by atoms with E-state index >= 15 is 0 Å². The number of nitrogens with two attached hydrogens (primary N) is 1. The molecule has 0 aliphatic rings. The summed E-state index contributed by atoms with van der Waals surface area (Å²) in [4.78, 5) is 10.6. The predicted molar refractivity (Wildman–Crippen MR) is 35.0 cm³/mol. The number of Topliss-reactive ketones (excluding diaryl/α,β-unsaturated/α-hetero) is 1. The maximum absolute atomic E-state index is 10.6. The zero-order valence-electron chi connectivity index (χ0n) is 5.63. The standard InChI is InChI=1S/C6H13NO2/c1-5(8)4-6(9)2-3-7/h5,8H,2-4,7H2,1H3/t5-/m1/s1. The molecule has 0 heterocycles. The van der Waals surface area contributed by atoms with Gasteiger partial charge in [0.05, 0.1) is 6.10 Å². The van der Waals surface area contributed by atoms with Crippen molar-refractivity contribution in [3.05, 3.63) is 0 Å². The fourth-order valence-corrected chi connectivity index (χ4v) is 0.593. The lowest BCUT2D eigenvalue weighted by molar-refractivity contribution is -0.120. The van der Waals surface area contributed by atoms with E-state index in [1.54, 1.807) is 6.92 Å². The molecule has 0 fully saturated rings. The van der Waals surface area contributed by atoms with E-state index in [1.807, 2.05) is 0 Å². The van der Waals surface area contributed by atoms with Crippen LogP contribution in [0.15, 0.2) is 0 Å². The highest BCUT2D eigenvalue weighted by atomic mass is 16.3. The molecule has 0 saturated carbocycles. The molecule has 54 valence electrons. The lowest BCUT2D eigenvalue weighted by atomic mass is 10.1. The van der Waals surface area contributed by atoms with Crippen LogP contribution in [-0.2, 0) is 4.79 Å². The lowest BCUT2D eigenvalue weighted by Crippen LogP contribution is -2.13. The van der Waals surface area contributed by atoms with Gasteiger partial charge < -0.3 is 10.8 Å². The Labute approximate surface area is 54.9 Å². The number of carbonyl (C=O) groups is 1. The third-order valence-electron chi connectivity index (χ3n) is 0.946. The van der Waals surface area contributed by atoms with E-state index in [0.717, 1.165) is 0 Å². The Morgan fingerprint density at radius 1 is 1.78 bits per heavy atom. The van der Waals surface area contributed by atoms with Gasteiger partial charge in [-0.3, -0.25) is 4.79 Å². The molecule has 0 aromatic carbocycles. The summed E-state index contributed by atoms with van der Waals surface area (Å²) < 4.78 is 0. The molecule has 0 aliphatic carbocycles. The SMILES string of the molecule is C[C@@H](O)CC(=O)CCN. The van der Waals surface area contributed by atoms with Gasteiger partial charge in [0.2, 0.25) is 0 Å². The summed E-state index contributed by atoms with van der Waals surface area (Å²) in [5.41, 5.74) is 5.10. The van der Waals surface area contributed by atoms with E-state index in [9.17, 15) is 4.79 Å². The van der Waals surface area contributed by atoms with Gasteiger partial charge >= 0.3 is 0 Å². The molecule has 9 heavy (non-hydrogen) atoms. The molecule has 3 nitrogen and oxygen atoms in total. The first kappa shape index (κ1) is 8.59. The third-order valence-corrected chi connectivity index (χ3v) is 0.946. The molecule has 0 unspecified atom stereocenters. The Hall–Kier alpha value is -0.410. The molecule has 0 aromatic heterocycles. The summed E-state index contributed by atoms with van der Waals surface area (Å²) in [7, 11) is 0. The van der Waals surface area contributed by atoms with Crippen molar-refractivity contribution in [1.29, 1.82) is 0 Å². The molecule has 0 radical (unpaired) electrons. The van der Waals surface area contributed by atoms with E-state index in [4.69, 9.17) is 10.8 Å². The highest BCUT2D eigenvalue weighted by Gasteiger charge is 2.03. The minimum Gasteiger partial charge on any atom is -0.393 e. The molecule has 0 saturated heterocycles. The van der Waals surface area contributed by atoms with Gasteiger partial charge in [-0.1, -0.05) is 0 Å². The summed E-state index contributed by atoms with van der Waals surface area (Å²) in [5, 5.41) is 8.69. The molecular weight excluding hydrogens is 118 g/mol. The van der Waals surface area contributed by atoms with E-state index in [2.05, 4.69) is 0 Å². The number of aliphatic hydroxyl groups is 1. The van der Waals surface area contributed by atoms with Crippen LogP contribution in [0.5, 0.6) is 0 Å². The summed E-state index contributed by atoms with van der Waals surface area (Å²) >= 11 is 0. The quantitative estimate of drug-likeness (QED) is 0.549. The molecule has 1 atom stereocenters. The van der Waals surface area contributed by atoms with E-state index < -0.39 is 6.10 Å². The second-order valence-electron chi connectivity index (χ2n) is 2.13. The van der Waals surface area contributed by atoms with Crippen LogP contribution in [0, 0.1) is 0 Å². The van der Waals surface area contributed by atoms with Crippen LogP contribution in [0.2, 0.25) is 0 Å². The van der Waals surface area contributed by atoms with Crippen molar-refractivity contribution in [2.75, 3.05) is 6.54 Å². The minimum atomic E-state index is -0.524. The van der Waals surface area contributed by atoms with E-state index in [0.29, 0.717) is 13.0 Å². The monoisotopic (exact) mass is 131 g/mol. The maximum atomic E-state index is 10.6. The maximum Gasteiger partial charge on any atom is 0.136 e. The Balaban J connectivity index is 3.27. The molecule has 0 amide bonds. The summed E-state index contributed by atoms with van der Waals surface area (Å²) in [6.07, 6.45) is 0.0892. The molecule has 0 spiro atoms. The van der Waals surface area contributed by atoms with Crippen molar-refractivity contribution in [3.8, 4) is 0 Å². The second kappa shape index (κ2) is 4.47. The topological polar surface area (TPSA) is 63.3 Å². The summed E-state index contributed by atoms with van der Waals surface area (Å²) in [6.45, 7) is 1.97.